The molecular weight excluding hydrogens is 432 g/mol. The monoisotopic (exact) mass is 482 g/mol. The Kier molecular flexibility index (Phi) is 7.18. The summed E-state index contributed by atoms with van der Waals surface area (Å²) >= 11 is 0. The second-order valence-electron chi connectivity index (χ2n) is 13.8. The van der Waals surface area contributed by atoms with Crippen molar-refractivity contribution in [2.24, 2.45) is 40.9 Å². The Labute approximate surface area is 213 Å². The zero-order valence-corrected chi connectivity index (χ0v) is 22.3. The van der Waals surface area contributed by atoms with E-state index in [0.717, 1.165) is 48.2 Å². The van der Waals surface area contributed by atoms with E-state index < -0.39 is 0 Å². The van der Waals surface area contributed by atoms with Gasteiger partial charge in [0, 0.05) is 43.8 Å². The number of hydrogen-bond donors (Lipinski definition) is 4. The molecule has 3 saturated carbocycles. The standard InChI is InChI=1S/C29H50N6/c1-29(2,18-30)22-11-8-19(9-12-22)28-27-24-14-20(10-13-25(24)31-16-26(27)33-34-28)21-15-32-35(17-21)23-6-4-3-5-7-23/h19-28,31-34H,3-17H2,1-2H3. The summed E-state index contributed by atoms with van der Waals surface area (Å²) in [7, 11) is 0. The van der Waals surface area contributed by atoms with Crippen LogP contribution < -0.4 is 21.6 Å². The minimum atomic E-state index is -0.174. The van der Waals surface area contributed by atoms with Gasteiger partial charge in [0.1, 0.15) is 0 Å². The molecule has 0 bridgehead atoms. The average Bonchev–Trinajstić information content (AvgIpc) is 3.57. The number of hydrogen-bond acceptors (Lipinski definition) is 6. The molecule has 0 aromatic carbocycles. The summed E-state index contributed by atoms with van der Waals surface area (Å²) in [5.74, 6) is 4.61. The van der Waals surface area contributed by atoms with Crippen LogP contribution in [0.2, 0.25) is 0 Å². The fourth-order valence-corrected chi connectivity index (χ4v) is 9.35. The lowest BCUT2D eigenvalue weighted by Crippen LogP contribution is -2.58. The highest BCUT2D eigenvalue weighted by Gasteiger charge is 2.52. The van der Waals surface area contributed by atoms with E-state index in [2.05, 4.69) is 46.5 Å². The third-order valence-electron chi connectivity index (χ3n) is 11.6. The van der Waals surface area contributed by atoms with E-state index in [-0.39, 0.29) is 5.41 Å². The molecule has 3 aliphatic heterocycles. The van der Waals surface area contributed by atoms with Gasteiger partial charge in [0.2, 0.25) is 0 Å². The molecule has 6 nitrogen and oxygen atoms in total. The number of fused-ring (bicyclic) bond motifs is 3. The van der Waals surface area contributed by atoms with Crippen LogP contribution in [0, 0.1) is 52.3 Å². The Morgan fingerprint density at radius 1 is 0.800 bits per heavy atom. The molecule has 0 spiro atoms. The number of nitriles is 1. The molecule has 35 heavy (non-hydrogen) atoms. The second kappa shape index (κ2) is 10.2. The molecule has 0 amide bonds. The first kappa shape index (κ1) is 24.6. The van der Waals surface area contributed by atoms with Crippen LogP contribution in [0.25, 0.3) is 0 Å². The van der Waals surface area contributed by atoms with Crippen LogP contribution >= 0.6 is 0 Å². The maximum atomic E-state index is 9.63. The van der Waals surface area contributed by atoms with Crippen molar-refractivity contribution in [2.45, 2.75) is 115 Å². The van der Waals surface area contributed by atoms with E-state index in [0.29, 0.717) is 18.0 Å². The molecule has 196 valence electrons. The number of nitrogens with one attached hydrogen (secondary N) is 4. The van der Waals surface area contributed by atoms with Crippen LogP contribution in [0.3, 0.4) is 0 Å². The minimum absolute atomic E-state index is 0.174. The maximum absolute atomic E-state index is 9.63. The molecule has 0 radical (unpaired) electrons. The summed E-state index contributed by atoms with van der Waals surface area (Å²) < 4.78 is 0. The van der Waals surface area contributed by atoms with Gasteiger partial charge in [-0.1, -0.05) is 19.3 Å². The Bertz CT molecular complexity index is 764. The maximum Gasteiger partial charge on any atom is 0.0686 e. The molecule has 4 N–H and O–H groups in total. The fourth-order valence-electron chi connectivity index (χ4n) is 9.35. The molecular formula is C29H50N6. The molecule has 7 atom stereocenters. The van der Waals surface area contributed by atoms with Gasteiger partial charge in [0.05, 0.1) is 11.5 Å². The summed E-state index contributed by atoms with van der Waals surface area (Å²) in [5.41, 5.74) is 11.2. The van der Waals surface area contributed by atoms with Crippen molar-refractivity contribution in [2.75, 3.05) is 19.6 Å². The van der Waals surface area contributed by atoms with Gasteiger partial charge in [-0.05, 0) is 107 Å². The molecule has 6 aliphatic rings. The normalized spacial score (nSPS) is 45.6. The first-order valence-corrected chi connectivity index (χ1v) is 15.2. The highest BCUT2D eigenvalue weighted by Crippen LogP contribution is 2.48. The Morgan fingerprint density at radius 3 is 2.34 bits per heavy atom. The molecule has 0 aromatic heterocycles. The quantitative estimate of drug-likeness (QED) is 0.486. The van der Waals surface area contributed by atoms with Gasteiger partial charge in [-0.25, -0.2) is 5.01 Å². The van der Waals surface area contributed by atoms with Gasteiger partial charge >= 0.3 is 0 Å². The van der Waals surface area contributed by atoms with Crippen molar-refractivity contribution in [3.05, 3.63) is 0 Å². The van der Waals surface area contributed by atoms with Gasteiger partial charge < -0.3 is 5.32 Å². The SMILES string of the molecule is CC(C)(C#N)C1CCC(C2NNC3CNC4CCC(C5CNN(C6CCCCC6)C5)CC4C32)CC1. The Balaban J connectivity index is 1.09. The minimum Gasteiger partial charge on any atom is -0.312 e. The van der Waals surface area contributed by atoms with E-state index in [1.165, 1.54) is 90.1 Å². The number of piperidine rings is 1. The summed E-state index contributed by atoms with van der Waals surface area (Å²) in [5, 5.41) is 16.2. The lowest BCUT2D eigenvalue weighted by Gasteiger charge is -2.49. The number of nitrogens with zero attached hydrogens (tertiary/aromatic N) is 2. The van der Waals surface area contributed by atoms with E-state index in [1.54, 1.807) is 0 Å². The average molecular weight is 483 g/mol. The second-order valence-corrected chi connectivity index (χ2v) is 13.8. The van der Waals surface area contributed by atoms with Crippen LogP contribution in [-0.2, 0) is 0 Å². The van der Waals surface area contributed by atoms with E-state index in [1.807, 2.05) is 0 Å². The van der Waals surface area contributed by atoms with Crippen molar-refractivity contribution in [1.29, 1.82) is 5.26 Å². The van der Waals surface area contributed by atoms with Crippen LogP contribution in [0.4, 0.5) is 0 Å². The van der Waals surface area contributed by atoms with Crippen LogP contribution in [0.1, 0.15) is 90.9 Å². The van der Waals surface area contributed by atoms with E-state index >= 15 is 0 Å². The highest BCUT2D eigenvalue weighted by atomic mass is 15.5. The third kappa shape index (κ3) is 4.81. The highest BCUT2D eigenvalue weighted by molar-refractivity contribution is 5.08. The molecule has 7 unspecified atom stereocenters. The summed E-state index contributed by atoms with van der Waals surface area (Å²) in [6.45, 7) is 7.91. The molecule has 3 saturated heterocycles. The van der Waals surface area contributed by atoms with Crippen molar-refractivity contribution in [3.8, 4) is 6.07 Å². The van der Waals surface area contributed by atoms with Crippen molar-refractivity contribution >= 4 is 0 Å². The van der Waals surface area contributed by atoms with Gasteiger partial charge in [-0.2, -0.15) is 5.26 Å². The summed E-state index contributed by atoms with van der Waals surface area (Å²) in [6, 6.07) is 5.29. The zero-order valence-electron chi connectivity index (χ0n) is 22.3. The van der Waals surface area contributed by atoms with Crippen molar-refractivity contribution < 1.29 is 0 Å². The van der Waals surface area contributed by atoms with Crippen molar-refractivity contribution in [1.82, 2.24) is 26.6 Å². The van der Waals surface area contributed by atoms with E-state index in [9.17, 15) is 5.26 Å². The first-order valence-electron chi connectivity index (χ1n) is 15.2. The number of hydrazine groups is 2. The van der Waals surface area contributed by atoms with Gasteiger partial charge in [0.25, 0.3) is 0 Å². The van der Waals surface area contributed by atoms with Gasteiger partial charge in [-0.3, -0.25) is 16.3 Å². The summed E-state index contributed by atoms with van der Waals surface area (Å²) in [6.07, 6.45) is 16.3. The fraction of sp³-hybridized carbons (Fsp3) is 0.966. The largest absolute Gasteiger partial charge is 0.312 e. The summed E-state index contributed by atoms with van der Waals surface area (Å²) in [4.78, 5) is 0. The topological polar surface area (TPSA) is 75.1 Å². The molecule has 0 aromatic rings. The number of rotatable bonds is 4. The Morgan fingerprint density at radius 2 is 1.57 bits per heavy atom. The zero-order chi connectivity index (χ0) is 24.0. The van der Waals surface area contributed by atoms with Crippen LogP contribution in [0.15, 0.2) is 0 Å². The predicted molar refractivity (Wildman–Crippen MR) is 140 cm³/mol. The molecule has 6 rings (SSSR count). The molecule has 6 heteroatoms. The van der Waals surface area contributed by atoms with Crippen LogP contribution in [-0.4, -0.2) is 48.8 Å². The first-order chi connectivity index (χ1) is 17.0. The molecule has 3 aliphatic carbocycles. The predicted octanol–water partition coefficient (Wildman–Crippen LogP) is 3.96. The third-order valence-corrected chi connectivity index (χ3v) is 11.6. The van der Waals surface area contributed by atoms with Crippen LogP contribution in [0.5, 0.6) is 0 Å². The molecule has 3 heterocycles. The lowest BCUT2D eigenvalue weighted by atomic mass is 9.60. The smallest absolute Gasteiger partial charge is 0.0686 e. The lowest BCUT2D eigenvalue weighted by molar-refractivity contribution is 0.0512. The van der Waals surface area contributed by atoms with Gasteiger partial charge in [0.15, 0.2) is 0 Å². The molecule has 6 fully saturated rings. The van der Waals surface area contributed by atoms with Crippen molar-refractivity contribution in [3.63, 3.8) is 0 Å². The Hall–Kier alpha value is -0.710. The van der Waals surface area contributed by atoms with E-state index in [4.69, 9.17) is 0 Å². The van der Waals surface area contributed by atoms with Gasteiger partial charge in [-0.15, -0.1) is 0 Å².